The Balaban J connectivity index is 0.000000753. The molecule has 0 spiro atoms. The monoisotopic (exact) mass is 367 g/mol. The molecular weight excluding hydrogens is 350 g/mol. The molecule has 0 amide bonds. The third kappa shape index (κ3) is 3.27. The van der Waals surface area contributed by atoms with Gasteiger partial charge in [0, 0.05) is 21.4 Å². The van der Waals surface area contributed by atoms with E-state index in [4.69, 9.17) is 0 Å². The van der Waals surface area contributed by atoms with E-state index >= 15 is 0 Å². The summed E-state index contributed by atoms with van der Waals surface area (Å²) in [6.45, 7) is 4.77. The van der Waals surface area contributed by atoms with Crippen molar-refractivity contribution in [2.75, 3.05) is 0 Å². The maximum absolute atomic E-state index is 4.63. The van der Waals surface area contributed by atoms with E-state index in [0.29, 0.717) is 0 Å². The zero-order chi connectivity index (χ0) is 16.2. The number of halogens is 1. The average Bonchev–Trinajstić information content (AvgIpc) is 3.00. The van der Waals surface area contributed by atoms with Gasteiger partial charge in [-0.2, -0.15) is 5.10 Å². The van der Waals surface area contributed by atoms with Crippen LogP contribution in [0.15, 0.2) is 65.4 Å². The summed E-state index contributed by atoms with van der Waals surface area (Å²) in [6.07, 6.45) is 3.94. The average molecular weight is 368 g/mol. The molecular formula is C19H18BrN3. The second-order valence-corrected chi connectivity index (χ2v) is 5.95. The zero-order valence-electron chi connectivity index (χ0n) is 13.2. The number of rotatable bonds is 2. The largest absolute Gasteiger partial charge is 0.267 e. The van der Waals surface area contributed by atoms with Gasteiger partial charge < -0.3 is 0 Å². The van der Waals surface area contributed by atoms with Gasteiger partial charge in [-0.1, -0.05) is 60.1 Å². The minimum Gasteiger partial charge on any atom is -0.267 e. The van der Waals surface area contributed by atoms with Gasteiger partial charge in [-0.25, -0.2) is 0 Å². The Morgan fingerprint density at radius 1 is 0.957 bits per heavy atom. The number of fused-ring (bicyclic) bond motifs is 3. The van der Waals surface area contributed by atoms with Crippen LogP contribution in [0.3, 0.4) is 0 Å². The summed E-state index contributed by atoms with van der Waals surface area (Å²) in [5.74, 6) is 0. The highest BCUT2D eigenvalue weighted by atomic mass is 79.9. The fourth-order valence-corrected chi connectivity index (χ4v) is 2.92. The molecule has 4 rings (SSSR count). The summed E-state index contributed by atoms with van der Waals surface area (Å²) < 4.78 is 3.03. The van der Waals surface area contributed by atoms with E-state index in [2.05, 4.69) is 50.4 Å². The molecule has 0 unspecified atom stereocenters. The molecule has 0 fully saturated rings. The zero-order valence-corrected chi connectivity index (χ0v) is 14.8. The second kappa shape index (κ2) is 6.92. The van der Waals surface area contributed by atoms with Crippen molar-refractivity contribution in [3.8, 4) is 0 Å². The summed E-state index contributed by atoms with van der Waals surface area (Å²) >= 11 is 3.52. The molecule has 0 bridgehead atoms. The Hall–Kier alpha value is -2.20. The van der Waals surface area contributed by atoms with Crippen molar-refractivity contribution in [2.45, 2.75) is 20.4 Å². The van der Waals surface area contributed by atoms with Crippen LogP contribution in [0.5, 0.6) is 0 Å². The summed E-state index contributed by atoms with van der Waals surface area (Å²) in [5, 5.41) is 6.89. The molecule has 2 aromatic carbocycles. The third-order valence-corrected chi connectivity index (χ3v) is 4.05. The van der Waals surface area contributed by atoms with Crippen molar-refractivity contribution < 1.29 is 0 Å². The molecule has 0 aliphatic rings. The van der Waals surface area contributed by atoms with Crippen LogP contribution in [0.2, 0.25) is 0 Å². The van der Waals surface area contributed by atoms with Crippen LogP contribution in [0.25, 0.3) is 21.8 Å². The normalized spacial score (nSPS) is 10.6. The molecule has 0 saturated carbocycles. The number of aromatic nitrogens is 3. The molecule has 116 valence electrons. The van der Waals surface area contributed by atoms with Crippen LogP contribution in [-0.4, -0.2) is 14.8 Å². The smallest absolute Gasteiger partial charge is 0.111 e. The lowest BCUT2D eigenvalue weighted by molar-refractivity contribution is 0.695. The Labute approximate surface area is 144 Å². The van der Waals surface area contributed by atoms with Gasteiger partial charge in [-0.05, 0) is 23.8 Å². The van der Waals surface area contributed by atoms with Crippen LogP contribution in [0.4, 0.5) is 0 Å². The molecule has 4 aromatic rings. The van der Waals surface area contributed by atoms with Crippen LogP contribution >= 0.6 is 15.9 Å². The van der Waals surface area contributed by atoms with E-state index in [1.54, 1.807) is 0 Å². The molecule has 2 heterocycles. The van der Waals surface area contributed by atoms with Gasteiger partial charge in [-0.3, -0.25) is 9.67 Å². The first kappa shape index (κ1) is 15.7. The summed E-state index contributed by atoms with van der Waals surface area (Å²) in [6, 6.07) is 16.5. The van der Waals surface area contributed by atoms with E-state index in [1.807, 2.05) is 55.1 Å². The van der Waals surface area contributed by atoms with Gasteiger partial charge in [0.05, 0.1) is 18.3 Å². The van der Waals surface area contributed by atoms with E-state index in [9.17, 15) is 0 Å². The summed E-state index contributed by atoms with van der Waals surface area (Å²) in [7, 11) is 0. The van der Waals surface area contributed by atoms with Crippen molar-refractivity contribution in [1.29, 1.82) is 0 Å². The molecule has 0 atom stereocenters. The number of hydrogen-bond donors (Lipinski definition) is 0. The van der Waals surface area contributed by atoms with Crippen LogP contribution in [-0.2, 0) is 6.54 Å². The van der Waals surface area contributed by atoms with E-state index in [-0.39, 0.29) is 0 Å². The summed E-state index contributed by atoms with van der Waals surface area (Å²) in [5.41, 5.74) is 3.16. The Bertz CT molecular complexity index is 929. The number of hydrogen-bond acceptors (Lipinski definition) is 2. The molecule has 23 heavy (non-hydrogen) atoms. The molecule has 0 aliphatic heterocycles. The Kier molecular flexibility index (Phi) is 4.72. The van der Waals surface area contributed by atoms with Gasteiger partial charge >= 0.3 is 0 Å². The maximum atomic E-state index is 4.63. The van der Waals surface area contributed by atoms with Crippen molar-refractivity contribution >= 4 is 37.7 Å². The van der Waals surface area contributed by atoms with Crippen molar-refractivity contribution in [3.05, 3.63) is 71.0 Å². The quantitative estimate of drug-likeness (QED) is 0.473. The third-order valence-electron chi connectivity index (χ3n) is 3.55. The highest BCUT2D eigenvalue weighted by Crippen LogP contribution is 2.25. The first-order valence-corrected chi connectivity index (χ1v) is 8.54. The lowest BCUT2D eigenvalue weighted by atomic mass is 10.1. The van der Waals surface area contributed by atoms with Crippen molar-refractivity contribution in [2.24, 2.45) is 0 Å². The van der Waals surface area contributed by atoms with Gasteiger partial charge in [0.1, 0.15) is 5.52 Å². The van der Waals surface area contributed by atoms with Crippen molar-refractivity contribution in [1.82, 2.24) is 14.8 Å². The molecule has 0 aliphatic carbocycles. The topological polar surface area (TPSA) is 30.7 Å². The molecule has 0 saturated heterocycles. The molecule has 2 aromatic heterocycles. The fourth-order valence-electron chi connectivity index (χ4n) is 2.56. The molecule has 0 N–H and O–H groups in total. The number of pyridine rings is 1. The van der Waals surface area contributed by atoms with Gasteiger partial charge in [0.25, 0.3) is 0 Å². The van der Waals surface area contributed by atoms with Gasteiger partial charge in [-0.15, -0.1) is 0 Å². The number of nitrogens with zero attached hydrogens (tertiary/aromatic N) is 3. The Morgan fingerprint density at radius 3 is 2.52 bits per heavy atom. The van der Waals surface area contributed by atoms with E-state index < -0.39 is 0 Å². The van der Waals surface area contributed by atoms with Crippen molar-refractivity contribution in [3.63, 3.8) is 0 Å². The lowest BCUT2D eigenvalue weighted by Crippen LogP contribution is -1.99. The second-order valence-electron chi connectivity index (χ2n) is 5.03. The minimum absolute atomic E-state index is 0.769. The van der Waals surface area contributed by atoms with E-state index in [0.717, 1.165) is 32.8 Å². The predicted octanol–water partition coefficient (Wildman–Crippen LogP) is 5.42. The summed E-state index contributed by atoms with van der Waals surface area (Å²) in [4.78, 5) is 4.47. The predicted molar refractivity (Wildman–Crippen MR) is 99.6 cm³/mol. The lowest BCUT2D eigenvalue weighted by Gasteiger charge is -2.00. The minimum atomic E-state index is 0.769. The molecule has 4 heteroatoms. The van der Waals surface area contributed by atoms with E-state index in [1.165, 1.54) is 5.56 Å². The van der Waals surface area contributed by atoms with Crippen LogP contribution in [0.1, 0.15) is 19.4 Å². The van der Waals surface area contributed by atoms with Crippen LogP contribution in [0, 0.1) is 0 Å². The fraction of sp³-hybridized carbons (Fsp3) is 0.158. The standard InChI is InChI=1S/C17H12BrN3.C2H6/c18-13-6-7-16-14(8-13)15-11-21(20-17(15)9-19-16)10-12-4-2-1-3-5-12;1-2/h1-9,11H,10H2;1-2H3. The van der Waals surface area contributed by atoms with Crippen LogP contribution < -0.4 is 0 Å². The van der Waals surface area contributed by atoms with Gasteiger partial charge in [0.2, 0.25) is 0 Å². The Morgan fingerprint density at radius 2 is 1.74 bits per heavy atom. The highest BCUT2D eigenvalue weighted by Gasteiger charge is 2.07. The first-order valence-electron chi connectivity index (χ1n) is 7.75. The molecule has 3 nitrogen and oxygen atoms in total. The SMILES string of the molecule is Brc1ccc2ncc3nn(Cc4ccccc4)cc3c2c1.CC. The highest BCUT2D eigenvalue weighted by molar-refractivity contribution is 9.10. The number of benzene rings is 2. The molecule has 0 radical (unpaired) electrons. The first-order chi connectivity index (χ1) is 11.3. The maximum Gasteiger partial charge on any atom is 0.111 e. The van der Waals surface area contributed by atoms with Gasteiger partial charge in [0.15, 0.2) is 0 Å².